The Labute approximate surface area is 140 Å². The molecule has 3 rings (SSSR count). The largest absolute Gasteiger partial charge is 0.328 e. The Bertz CT molecular complexity index is 975. The Morgan fingerprint density at radius 3 is 2.29 bits per heavy atom. The fraction of sp³-hybridized carbons (Fsp3) is 0.263. The first-order valence-electron chi connectivity index (χ1n) is 7.89. The van der Waals surface area contributed by atoms with Crippen LogP contribution in [0.5, 0.6) is 0 Å². The molecule has 0 saturated heterocycles. The van der Waals surface area contributed by atoms with Crippen molar-refractivity contribution in [3.8, 4) is 0 Å². The van der Waals surface area contributed by atoms with Gasteiger partial charge in [0.05, 0.1) is 17.5 Å². The van der Waals surface area contributed by atoms with E-state index < -0.39 is 0 Å². The van der Waals surface area contributed by atoms with Crippen molar-refractivity contribution in [3.05, 3.63) is 63.6 Å². The molecule has 0 spiro atoms. The summed E-state index contributed by atoms with van der Waals surface area (Å²) in [5, 5.41) is 2.99. The summed E-state index contributed by atoms with van der Waals surface area (Å²) in [5.74, 6) is -0.0623. The highest BCUT2D eigenvalue weighted by atomic mass is 16.2. The maximum Gasteiger partial charge on any atom is 0.328 e. The van der Waals surface area contributed by atoms with Crippen LogP contribution in [0.2, 0.25) is 0 Å². The van der Waals surface area contributed by atoms with E-state index in [0.717, 1.165) is 33.4 Å². The highest BCUT2D eigenvalue weighted by Crippen LogP contribution is 2.20. The van der Waals surface area contributed by atoms with E-state index in [1.807, 2.05) is 50.2 Å². The van der Waals surface area contributed by atoms with Crippen LogP contribution in [0.4, 0.5) is 5.69 Å². The van der Waals surface area contributed by atoms with Crippen LogP contribution >= 0.6 is 0 Å². The fourth-order valence-corrected chi connectivity index (χ4v) is 3.04. The normalized spacial score (nSPS) is 11.0. The number of hydrogen-bond acceptors (Lipinski definition) is 2. The van der Waals surface area contributed by atoms with Gasteiger partial charge in [-0.15, -0.1) is 0 Å². The topological polar surface area (TPSA) is 56.0 Å². The van der Waals surface area contributed by atoms with E-state index >= 15 is 0 Å². The van der Waals surface area contributed by atoms with Crippen LogP contribution in [0.15, 0.2) is 41.2 Å². The first-order chi connectivity index (χ1) is 11.4. The lowest BCUT2D eigenvalue weighted by Crippen LogP contribution is -2.19. The molecule has 5 nitrogen and oxygen atoms in total. The van der Waals surface area contributed by atoms with Gasteiger partial charge in [0.2, 0.25) is 5.91 Å². The summed E-state index contributed by atoms with van der Waals surface area (Å²) in [4.78, 5) is 24.4. The van der Waals surface area contributed by atoms with Crippen LogP contribution in [0, 0.1) is 13.8 Å². The van der Waals surface area contributed by atoms with Gasteiger partial charge in [0.1, 0.15) is 0 Å². The standard InChI is InChI=1S/C19H21N3O2/c1-12-6-5-7-13(2)18(12)20-17(23)11-14-8-9-15-16(10-14)22(4)19(24)21(15)3/h5-10H,11H2,1-4H3,(H,20,23). The molecule has 3 aromatic rings. The Hall–Kier alpha value is -2.82. The third kappa shape index (κ3) is 2.73. The first kappa shape index (κ1) is 16.1. The van der Waals surface area contributed by atoms with E-state index in [-0.39, 0.29) is 18.0 Å². The summed E-state index contributed by atoms with van der Waals surface area (Å²) in [6, 6.07) is 11.6. The van der Waals surface area contributed by atoms with Gasteiger partial charge in [-0.3, -0.25) is 13.9 Å². The molecule has 0 bridgehead atoms. The quantitative estimate of drug-likeness (QED) is 0.806. The van der Waals surface area contributed by atoms with Gasteiger partial charge in [-0.2, -0.15) is 0 Å². The minimum Gasteiger partial charge on any atom is -0.325 e. The number of hydrogen-bond donors (Lipinski definition) is 1. The van der Waals surface area contributed by atoms with Crippen molar-refractivity contribution in [1.82, 2.24) is 9.13 Å². The van der Waals surface area contributed by atoms with Crippen LogP contribution in [0.25, 0.3) is 11.0 Å². The number of para-hydroxylation sites is 1. The van der Waals surface area contributed by atoms with Crippen molar-refractivity contribution < 1.29 is 4.79 Å². The molecule has 124 valence electrons. The Balaban J connectivity index is 1.86. The van der Waals surface area contributed by atoms with Gasteiger partial charge in [-0.05, 0) is 42.7 Å². The lowest BCUT2D eigenvalue weighted by Gasteiger charge is -2.11. The third-order valence-electron chi connectivity index (χ3n) is 4.45. The van der Waals surface area contributed by atoms with Crippen LogP contribution < -0.4 is 11.0 Å². The van der Waals surface area contributed by atoms with E-state index in [0.29, 0.717) is 0 Å². The molecule has 5 heteroatoms. The number of carbonyl (C=O) groups excluding carboxylic acids is 1. The highest BCUT2D eigenvalue weighted by molar-refractivity contribution is 5.94. The molecule has 0 saturated carbocycles. The summed E-state index contributed by atoms with van der Waals surface area (Å²) in [5.41, 5.74) is 5.47. The number of imidazole rings is 1. The number of nitrogens with zero attached hydrogens (tertiary/aromatic N) is 2. The SMILES string of the molecule is Cc1cccc(C)c1NC(=O)Cc1ccc2c(c1)n(C)c(=O)n2C. The number of anilines is 1. The Kier molecular flexibility index (Phi) is 4.01. The Morgan fingerprint density at radius 1 is 1.00 bits per heavy atom. The summed E-state index contributed by atoms with van der Waals surface area (Å²) in [6.45, 7) is 3.96. The zero-order valence-electron chi connectivity index (χ0n) is 14.4. The maximum absolute atomic E-state index is 12.4. The van der Waals surface area contributed by atoms with Gasteiger partial charge in [-0.1, -0.05) is 24.3 Å². The Morgan fingerprint density at radius 2 is 1.62 bits per heavy atom. The summed E-state index contributed by atoms with van der Waals surface area (Å²) in [6.07, 6.45) is 0.271. The molecule has 2 aromatic carbocycles. The molecule has 0 atom stereocenters. The average Bonchev–Trinajstić information content (AvgIpc) is 2.76. The van der Waals surface area contributed by atoms with Crippen LogP contribution in [0.3, 0.4) is 0 Å². The minimum absolute atomic E-state index is 0.0623. The molecule has 0 aliphatic heterocycles. The van der Waals surface area contributed by atoms with Crippen molar-refractivity contribution in [2.45, 2.75) is 20.3 Å². The summed E-state index contributed by atoms with van der Waals surface area (Å²) in [7, 11) is 3.49. The predicted molar refractivity (Wildman–Crippen MR) is 96.4 cm³/mol. The van der Waals surface area contributed by atoms with Crippen molar-refractivity contribution >= 4 is 22.6 Å². The van der Waals surface area contributed by atoms with Gasteiger partial charge < -0.3 is 5.32 Å². The third-order valence-corrected chi connectivity index (χ3v) is 4.45. The molecule has 1 N–H and O–H groups in total. The van der Waals surface area contributed by atoms with Crippen molar-refractivity contribution in [2.75, 3.05) is 5.32 Å². The molecule has 0 aliphatic rings. The van der Waals surface area contributed by atoms with Gasteiger partial charge in [0, 0.05) is 19.8 Å². The molecule has 0 radical (unpaired) electrons. The molecular formula is C19H21N3O2. The molecule has 1 aromatic heterocycles. The number of nitrogens with one attached hydrogen (secondary N) is 1. The molecule has 0 unspecified atom stereocenters. The number of benzene rings is 2. The number of aryl methyl sites for hydroxylation is 4. The van der Waals surface area contributed by atoms with Crippen LogP contribution in [0.1, 0.15) is 16.7 Å². The second kappa shape index (κ2) is 6.00. The molecule has 1 heterocycles. The highest BCUT2D eigenvalue weighted by Gasteiger charge is 2.11. The van der Waals surface area contributed by atoms with Crippen molar-refractivity contribution in [3.63, 3.8) is 0 Å². The zero-order valence-corrected chi connectivity index (χ0v) is 14.4. The number of aromatic nitrogens is 2. The molecular weight excluding hydrogens is 302 g/mol. The summed E-state index contributed by atoms with van der Waals surface area (Å²) >= 11 is 0. The smallest absolute Gasteiger partial charge is 0.325 e. The lowest BCUT2D eigenvalue weighted by molar-refractivity contribution is -0.115. The van der Waals surface area contributed by atoms with Crippen molar-refractivity contribution in [2.24, 2.45) is 14.1 Å². The minimum atomic E-state index is -0.0675. The van der Waals surface area contributed by atoms with Gasteiger partial charge in [0.15, 0.2) is 0 Å². The van der Waals surface area contributed by atoms with E-state index in [9.17, 15) is 9.59 Å². The van der Waals surface area contributed by atoms with E-state index in [2.05, 4.69) is 5.32 Å². The number of amides is 1. The fourth-order valence-electron chi connectivity index (χ4n) is 3.04. The van der Waals surface area contributed by atoms with Gasteiger partial charge in [0.25, 0.3) is 0 Å². The maximum atomic E-state index is 12.4. The average molecular weight is 323 g/mol. The van der Waals surface area contributed by atoms with Gasteiger partial charge in [-0.25, -0.2) is 4.79 Å². The van der Waals surface area contributed by atoms with E-state index in [1.54, 1.807) is 23.2 Å². The lowest BCUT2D eigenvalue weighted by atomic mass is 10.1. The first-order valence-corrected chi connectivity index (χ1v) is 7.89. The predicted octanol–water partition coefficient (Wildman–Crippen LogP) is 2.68. The van der Waals surface area contributed by atoms with Gasteiger partial charge >= 0.3 is 5.69 Å². The van der Waals surface area contributed by atoms with E-state index in [4.69, 9.17) is 0 Å². The van der Waals surface area contributed by atoms with Crippen molar-refractivity contribution in [1.29, 1.82) is 0 Å². The number of carbonyl (C=O) groups is 1. The molecule has 0 aliphatic carbocycles. The molecule has 0 fully saturated rings. The number of fused-ring (bicyclic) bond motifs is 1. The second-order valence-electron chi connectivity index (χ2n) is 6.22. The molecule has 24 heavy (non-hydrogen) atoms. The molecule has 1 amide bonds. The second-order valence-corrected chi connectivity index (χ2v) is 6.22. The van der Waals surface area contributed by atoms with Crippen LogP contribution in [-0.2, 0) is 25.3 Å². The monoisotopic (exact) mass is 323 g/mol. The number of rotatable bonds is 3. The van der Waals surface area contributed by atoms with Crippen LogP contribution in [-0.4, -0.2) is 15.0 Å². The van der Waals surface area contributed by atoms with E-state index in [1.165, 1.54) is 0 Å². The summed E-state index contributed by atoms with van der Waals surface area (Å²) < 4.78 is 3.21. The zero-order chi connectivity index (χ0) is 17.4.